The topological polar surface area (TPSA) is 150 Å². The normalized spacial score (nSPS) is 36.7. The molecule has 3 heterocycles. The maximum absolute atomic E-state index is 14.4. The molecule has 1 aromatic carbocycles. The van der Waals surface area contributed by atoms with Gasteiger partial charge < -0.3 is 38.6 Å². The molecule has 3 bridgehead atoms. The van der Waals surface area contributed by atoms with Crippen molar-refractivity contribution in [2.45, 2.75) is 203 Å². The smallest absolute Gasteiger partial charge is 0.338 e. The van der Waals surface area contributed by atoms with E-state index in [-0.39, 0.29) is 12.0 Å². The average Bonchev–Trinajstić information content (AvgIpc) is 3.90. The minimum absolute atomic E-state index is 0.198. The first-order valence-electron chi connectivity index (χ1n) is 24.6. The van der Waals surface area contributed by atoms with Gasteiger partial charge in [-0.15, -0.1) is 0 Å². The Kier molecular flexibility index (Phi) is 15.3. The quantitative estimate of drug-likeness (QED) is 0.0318. The standard InChI is InChI=1S/C53H74O11/c1-7-9-11-13-15-16-17-18-19-20-21-23-28-32-41(54)59-35-49-45(61-49)42-46-52(36(3)4)44(60-47(56)39-30-26-25-27-31-39)38(6)53(42,40-34-37(5)43(55)51(40,58)48(49)57)64-50(62-46,63-52)33-29-24-22-14-12-10-8-2/h22,24-27,29-31,33-34,38,40,42,44-46,48,57-58H,3,7-21,23,28,32,35H2,1-2,4-6H3/t38-,40+,42+,44+,45+,46-,48-,49+,50+,51+,52+,53+/m1/s1. The van der Waals surface area contributed by atoms with Crippen molar-refractivity contribution in [1.29, 1.82) is 0 Å². The van der Waals surface area contributed by atoms with Crippen LogP contribution in [-0.2, 0) is 38.0 Å². The molecule has 2 saturated carbocycles. The van der Waals surface area contributed by atoms with E-state index in [1.54, 1.807) is 56.3 Å². The lowest BCUT2D eigenvalue weighted by Crippen LogP contribution is -2.76. The minimum atomic E-state index is -2.47. The van der Waals surface area contributed by atoms with Gasteiger partial charge in [-0.2, -0.15) is 0 Å². The molecule has 7 rings (SSSR count). The zero-order valence-corrected chi connectivity index (χ0v) is 39.0. The van der Waals surface area contributed by atoms with E-state index in [2.05, 4.69) is 26.5 Å². The number of hydrogen-bond acceptors (Lipinski definition) is 11. The predicted octanol–water partition coefficient (Wildman–Crippen LogP) is 9.74. The summed E-state index contributed by atoms with van der Waals surface area (Å²) >= 11 is 0. The lowest BCUT2D eigenvalue weighted by Gasteiger charge is -2.61. The lowest BCUT2D eigenvalue weighted by atomic mass is 9.53. The first kappa shape index (κ1) is 48.5. The molecular weight excluding hydrogens is 813 g/mol. The number of unbranched alkanes of at least 4 members (excludes halogenated alkanes) is 15. The number of aliphatic hydroxyl groups excluding tert-OH is 1. The Labute approximate surface area is 381 Å². The molecule has 2 N–H and O–H groups in total. The molecule has 64 heavy (non-hydrogen) atoms. The third kappa shape index (κ3) is 8.67. The first-order valence-corrected chi connectivity index (χ1v) is 24.6. The minimum Gasteiger partial charge on any atom is -0.462 e. The molecule has 352 valence electrons. The summed E-state index contributed by atoms with van der Waals surface area (Å²) in [4.78, 5) is 41.8. The van der Waals surface area contributed by atoms with Gasteiger partial charge in [0.1, 0.15) is 31.0 Å². The largest absolute Gasteiger partial charge is 0.462 e. The number of carbonyl (C=O) groups excluding carboxylic acids is 3. The number of fused-ring (bicyclic) bond motifs is 3. The van der Waals surface area contributed by atoms with Crippen molar-refractivity contribution in [2.75, 3.05) is 6.61 Å². The Balaban J connectivity index is 1.13. The molecule has 6 aliphatic rings. The fraction of sp³-hybridized carbons (Fsp3) is 0.679. The summed E-state index contributed by atoms with van der Waals surface area (Å²) < 4.78 is 40.2. The zero-order valence-electron chi connectivity index (χ0n) is 39.0. The van der Waals surface area contributed by atoms with Gasteiger partial charge in [0.15, 0.2) is 22.6 Å². The number of epoxide rings is 1. The van der Waals surface area contributed by atoms with Crippen molar-refractivity contribution in [3.05, 3.63) is 84.0 Å². The monoisotopic (exact) mass is 887 g/mol. The number of benzene rings is 1. The second kappa shape index (κ2) is 20.2. The summed E-state index contributed by atoms with van der Waals surface area (Å²) in [6.07, 6.45) is 24.0. The van der Waals surface area contributed by atoms with Gasteiger partial charge in [-0.05, 0) is 56.4 Å². The van der Waals surface area contributed by atoms with Gasteiger partial charge in [0.05, 0.1) is 11.2 Å². The average molecular weight is 887 g/mol. The van der Waals surface area contributed by atoms with Crippen molar-refractivity contribution in [3.8, 4) is 0 Å². The van der Waals surface area contributed by atoms with Gasteiger partial charge in [0, 0.05) is 30.3 Å². The Morgan fingerprint density at radius 3 is 2.11 bits per heavy atom. The number of allylic oxidation sites excluding steroid dienone is 3. The van der Waals surface area contributed by atoms with E-state index < -0.39 is 94.9 Å². The van der Waals surface area contributed by atoms with E-state index >= 15 is 0 Å². The van der Waals surface area contributed by atoms with Gasteiger partial charge in [-0.25, -0.2) is 4.79 Å². The summed E-state index contributed by atoms with van der Waals surface area (Å²) in [7, 11) is 0. The van der Waals surface area contributed by atoms with Crippen molar-refractivity contribution >= 4 is 17.7 Å². The number of rotatable bonds is 25. The number of aliphatic hydroxyl groups is 2. The van der Waals surface area contributed by atoms with Gasteiger partial charge in [-0.1, -0.05) is 160 Å². The van der Waals surface area contributed by atoms with Crippen LogP contribution in [0.15, 0.2) is 78.4 Å². The second-order valence-electron chi connectivity index (χ2n) is 19.6. The third-order valence-electron chi connectivity index (χ3n) is 15.2. The Morgan fingerprint density at radius 2 is 1.47 bits per heavy atom. The number of esters is 2. The highest BCUT2D eigenvalue weighted by molar-refractivity contribution is 6.05. The van der Waals surface area contributed by atoms with E-state index in [9.17, 15) is 24.6 Å². The van der Waals surface area contributed by atoms with E-state index in [0.717, 1.165) is 44.9 Å². The van der Waals surface area contributed by atoms with Gasteiger partial charge in [0.2, 0.25) is 0 Å². The van der Waals surface area contributed by atoms with Crippen molar-refractivity contribution in [3.63, 3.8) is 0 Å². The maximum Gasteiger partial charge on any atom is 0.338 e. The highest BCUT2D eigenvalue weighted by atomic mass is 16.9. The molecule has 0 amide bonds. The van der Waals surface area contributed by atoms with Crippen molar-refractivity contribution in [1.82, 2.24) is 0 Å². The second-order valence-corrected chi connectivity index (χ2v) is 19.6. The number of Topliss-reactive ketones (excluding diaryl/α,β-unsaturated/α-hetero) is 1. The fourth-order valence-electron chi connectivity index (χ4n) is 11.8. The molecule has 5 fully saturated rings. The van der Waals surface area contributed by atoms with Gasteiger partial charge in [0.25, 0.3) is 0 Å². The van der Waals surface area contributed by atoms with E-state index in [4.69, 9.17) is 28.4 Å². The predicted molar refractivity (Wildman–Crippen MR) is 243 cm³/mol. The van der Waals surface area contributed by atoms with Crippen LogP contribution in [0.25, 0.3) is 0 Å². The fourth-order valence-corrected chi connectivity index (χ4v) is 11.8. The van der Waals surface area contributed by atoms with Gasteiger partial charge in [-0.3, -0.25) is 9.59 Å². The van der Waals surface area contributed by atoms with Crippen LogP contribution in [0.5, 0.6) is 0 Å². The Morgan fingerprint density at radius 1 is 0.844 bits per heavy atom. The van der Waals surface area contributed by atoms with Crippen molar-refractivity contribution < 1.29 is 53.0 Å². The Bertz CT molecular complexity index is 1920. The van der Waals surface area contributed by atoms with E-state index in [1.165, 1.54) is 57.8 Å². The molecule has 0 unspecified atom stereocenters. The number of carbonyl (C=O) groups is 3. The Hall–Kier alpha value is -3.45. The highest BCUT2D eigenvalue weighted by Crippen LogP contribution is 2.73. The van der Waals surface area contributed by atoms with Crippen LogP contribution in [-0.4, -0.2) is 87.3 Å². The third-order valence-corrected chi connectivity index (χ3v) is 15.2. The summed E-state index contributed by atoms with van der Waals surface area (Å²) in [5, 5.41) is 25.4. The molecule has 11 heteroatoms. The van der Waals surface area contributed by atoms with Crippen molar-refractivity contribution in [2.24, 2.45) is 17.8 Å². The molecule has 0 radical (unpaired) electrons. The van der Waals surface area contributed by atoms with Crippen LogP contribution >= 0.6 is 0 Å². The summed E-state index contributed by atoms with van der Waals surface area (Å²) in [5.41, 5.74) is -6.20. The van der Waals surface area contributed by atoms with Crippen LogP contribution < -0.4 is 0 Å². The molecule has 3 aliphatic heterocycles. The van der Waals surface area contributed by atoms with E-state index in [1.807, 2.05) is 19.1 Å². The molecule has 0 spiro atoms. The first-order chi connectivity index (χ1) is 30.8. The highest BCUT2D eigenvalue weighted by Gasteiger charge is 2.90. The number of hydrogen-bond donors (Lipinski definition) is 2. The summed E-state index contributed by atoms with van der Waals surface area (Å²) in [6.45, 7) is 13.7. The van der Waals surface area contributed by atoms with Crippen LogP contribution in [0.3, 0.4) is 0 Å². The molecule has 11 nitrogen and oxygen atoms in total. The van der Waals surface area contributed by atoms with Crippen LogP contribution in [0.1, 0.15) is 161 Å². The van der Waals surface area contributed by atoms with Crippen LogP contribution in [0.2, 0.25) is 0 Å². The van der Waals surface area contributed by atoms with Crippen LogP contribution in [0, 0.1) is 17.8 Å². The lowest BCUT2D eigenvalue weighted by molar-refractivity contribution is -0.407. The maximum atomic E-state index is 14.4. The molecular formula is C53H74O11. The summed E-state index contributed by atoms with van der Waals surface area (Å²) in [5.74, 6) is -6.43. The van der Waals surface area contributed by atoms with E-state index in [0.29, 0.717) is 17.6 Å². The molecule has 1 aromatic rings. The zero-order chi connectivity index (χ0) is 45.8. The molecule has 3 saturated heterocycles. The number of ether oxygens (including phenoxy) is 6. The SMILES string of the molecule is C=C(C)[C@@]12O[C@]3(C=CC=CCCCCC)O[C@@H]1[C@@H]1[C@@H]4O[C@]4(COC(=O)CCCCCCCCCCCCCCC)[C@@H](O)[C@@]4(O)C(=O)C(C)=C[C@@H]4[C@@]1(O3)[C@H](C)[C@@H]2OC(=O)c1ccccc1. The van der Waals surface area contributed by atoms with Crippen LogP contribution in [0.4, 0.5) is 0 Å². The molecule has 3 aliphatic carbocycles. The van der Waals surface area contributed by atoms with Gasteiger partial charge >= 0.3 is 17.9 Å². The molecule has 12 atom stereocenters. The molecule has 0 aromatic heterocycles. The number of ketones is 1. The summed E-state index contributed by atoms with van der Waals surface area (Å²) in [6, 6.07) is 8.63.